The molecule has 8 heteroatoms. The third-order valence-corrected chi connectivity index (χ3v) is 5.13. The average molecular weight is 359 g/mol. The number of hydrogen-bond donors (Lipinski definition) is 1. The molecule has 0 aliphatic heterocycles. The summed E-state index contributed by atoms with van der Waals surface area (Å²) in [5.74, 6) is 0.270. The first-order valence-corrected chi connectivity index (χ1v) is 9.06. The number of aromatic nitrogens is 4. The van der Waals surface area contributed by atoms with Crippen LogP contribution in [0.5, 0.6) is 0 Å². The van der Waals surface area contributed by atoms with E-state index in [1.54, 1.807) is 4.52 Å². The maximum atomic E-state index is 12.2. The lowest BCUT2D eigenvalue weighted by Crippen LogP contribution is -2.43. The third-order valence-electron chi connectivity index (χ3n) is 5.13. The molecule has 1 saturated carbocycles. The number of fused-ring (bicyclic) bond motifs is 1. The van der Waals surface area contributed by atoms with Crippen molar-refractivity contribution in [3.63, 3.8) is 0 Å². The highest BCUT2D eigenvalue weighted by atomic mass is 16.5. The van der Waals surface area contributed by atoms with Crippen LogP contribution in [0.2, 0.25) is 0 Å². The van der Waals surface area contributed by atoms with Crippen LogP contribution in [-0.4, -0.2) is 44.1 Å². The Morgan fingerprint density at radius 2 is 2.08 bits per heavy atom. The van der Waals surface area contributed by atoms with Crippen molar-refractivity contribution in [3.05, 3.63) is 23.3 Å². The molecular formula is C18H25N5O3. The molecule has 2 atom stereocenters. The van der Waals surface area contributed by atoms with E-state index in [-0.39, 0.29) is 25.0 Å². The van der Waals surface area contributed by atoms with Crippen LogP contribution in [-0.2, 0) is 20.7 Å². The summed E-state index contributed by atoms with van der Waals surface area (Å²) in [7, 11) is 0. The van der Waals surface area contributed by atoms with Gasteiger partial charge in [0, 0.05) is 23.0 Å². The van der Waals surface area contributed by atoms with E-state index in [4.69, 9.17) is 4.74 Å². The molecule has 1 aliphatic rings. The minimum atomic E-state index is -0.454. The SMILES string of the molecule is Cc1nc2ncnn2c(C)c1CC(=O)OCC(=O)N[C@H]1CCCC[C@@H]1C. The van der Waals surface area contributed by atoms with Gasteiger partial charge in [0.25, 0.3) is 11.7 Å². The number of amides is 1. The fourth-order valence-electron chi connectivity index (χ4n) is 3.53. The molecule has 1 N–H and O–H groups in total. The van der Waals surface area contributed by atoms with E-state index < -0.39 is 5.97 Å². The van der Waals surface area contributed by atoms with Crippen LogP contribution in [0.25, 0.3) is 5.78 Å². The maximum absolute atomic E-state index is 12.2. The first kappa shape index (κ1) is 18.3. The molecule has 3 rings (SSSR count). The van der Waals surface area contributed by atoms with Crippen molar-refractivity contribution in [2.45, 2.75) is 58.9 Å². The number of hydrogen-bond acceptors (Lipinski definition) is 6. The number of rotatable bonds is 5. The monoisotopic (exact) mass is 359 g/mol. The Bertz CT molecular complexity index is 817. The van der Waals surface area contributed by atoms with Crippen LogP contribution >= 0.6 is 0 Å². The molecule has 1 aliphatic carbocycles. The summed E-state index contributed by atoms with van der Waals surface area (Å²) in [6, 6.07) is 0.179. The van der Waals surface area contributed by atoms with Gasteiger partial charge in [-0.2, -0.15) is 10.1 Å². The zero-order chi connectivity index (χ0) is 18.7. The molecule has 0 bridgehead atoms. The Labute approximate surface area is 152 Å². The van der Waals surface area contributed by atoms with Crippen molar-refractivity contribution in [2.75, 3.05) is 6.61 Å². The van der Waals surface area contributed by atoms with Crippen molar-refractivity contribution in [3.8, 4) is 0 Å². The van der Waals surface area contributed by atoms with Crippen molar-refractivity contribution >= 4 is 17.7 Å². The molecule has 1 amide bonds. The van der Waals surface area contributed by atoms with E-state index in [1.807, 2.05) is 13.8 Å². The number of ether oxygens (including phenoxy) is 1. The van der Waals surface area contributed by atoms with Crippen LogP contribution < -0.4 is 5.32 Å². The number of carbonyl (C=O) groups excluding carboxylic acids is 2. The van der Waals surface area contributed by atoms with Gasteiger partial charge in [-0.15, -0.1) is 0 Å². The Hall–Kier alpha value is -2.51. The van der Waals surface area contributed by atoms with Crippen LogP contribution in [0.4, 0.5) is 0 Å². The summed E-state index contributed by atoms with van der Waals surface area (Å²) in [6.45, 7) is 5.58. The van der Waals surface area contributed by atoms with Crippen LogP contribution in [0.1, 0.15) is 49.6 Å². The van der Waals surface area contributed by atoms with E-state index in [9.17, 15) is 9.59 Å². The summed E-state index contributed by atoms with van der Waals surface area (Å²) in [5.41, 5.74) is 2.25. The van der Waals surface area contributed by atoms with Gasteiger partial charge in [0.15, 0.2) is 6.61 Å². The summed E-state index contributed by atoms with van der Waals surface area (Å²) >= 11 is 0. The van der Waals surface area contributed by atoms with E-state index in [2.05, 4.69) is 27.3 Å². The number of nitrogens with one attached hydrogen (secondary N) is 1. The number of nitrogens with zero attached hydrogens (tertiary/aromatic N) is 4. The normalized spacial score (nSPS) is 20.1. The molecule has 0 unspecified atom stereocenters. The highest BCUT2D eigenvalue weighted by molar-refractivity contribution is 5.81. The molecule has 0 aromatic carbocycles. The molecule has 0 spiro atoms. The van der Waals surface area contributed by atoms with E-state index in [1.165, 1.54) is 12.7 Å². The van der Waals surface area contributed by atoms with Crippen molar-refractivity contribution in [2.24, 2.45) is 5.92 Å². The molecular weight excluding hydrogens is 334 g/mol. The maximum Gasteiger partial charge on any atom is 0.310 e. The van der Waals surface area contributed by atoms with Crippen molar-refractivity contribution < 1.29 is 14.3 Å². The van der Waals surface area contributed by atoms with Gasteiger partial charge in [0.1, 0.15) is 6.33 Å². The smallest absolute Gasteiger partial charge is 0.310 e. The second-order valence-electron chi connectivity index (χ2n) is 7.01. The molecule has 140 valence electrons. The predicted octanol–water partition coefficient (Wildman–Crippen LogP) is 1.52. The highest BCUT2D eigenvalue weighted by Crippen LogP contribution is 2.23. The summed E-state index contributed by atoms with van der Waals surface area (Å²) < 4.78 is 6.75. The minimum Gasteiger partial charge on any atom is -0.455 e. The van der Waals surface area contributed by atoms with Gasteiger partial charge in [-0.05, 0) is 32.6 Å². The van der Waals surface area contributed by atoms with Gasteiger partial charge >= 0.3 is 5.97 Å². The summed E-state index contributed by atoms with van der Waals surface area (Å²) in [6.07, 6.45) is 5.93. The predicted molar refractivity (Wildman–Crippen MR) is 94.5 cm³/mol. The van der Waals surface area contributed by atoms with Gasteiger partial charge in [-0.1, -0.05) is 19.8 Å². The first-order valence-electron chi connectivity index (χ1n) is 9.06. The highest BCUT2D eigenvalue weighted by Gasteiger charge is 2.23. The lowest BCUT2D eigenvalue weighted by atomic mass is 9.86. The second-order valence-corrected chi connectivity index (χ2v) is 7.01. The minimum absolute atomic E-state index is 0.0492. The zero-order valence-corrected chi connectivity index (χ0v) is 15.5. The Kier molecular flexibility index (Phi) is 5.49. The van der Waals surface area contributed by atoms with Gasteiger partial charge in [0.2, 0.25) is 0 Å². The molecule has 1 fully saturated rings. The van der Waals surface area contributed by atoms with E-state index in [0.29, 0.717) is 17.4 Å². The van der Waals surface area contributed by atoms with E-state index in [0.717, 1.165) is 30.5 Å². The largest absolute Gasteiger partial charge is 0.455 e. The van der Waals surface area contributed by atoms with Gasteiger partial charge < -0.3 is 10.1 Å². The van der Waals surface area contributed by atoms with Crippen LogP contribution in [0.3, 0.4) is 0 Å². The molecule has 0 radical (unpaired) electrons. The number of carbonyl (C=O) groups is 2. The molecule has 2 aromatic rings. The Balaban J connectivity index is 1.55. The molecule has 26 heavy (non-hydrogen) atoms. The number of aryl methyl sites for hydroxylation is 2. The van der Waals surface area contributed by atoms with Crippen LogP contribution in [0.15, 0.2) is 6.33 Å². The molecule has 2 heterocycles. The standard InChI is InChI=1S/C18H25N5O3/c1-11-6-4-5-7-15(11)22-16(24)9-26-17(25)8-14-12(2)21-18-19-10-20-23(18)13(14)3/h10-11,15H,4-9H2,1-3H3,(H,22,24)/t11-,15-/m0/s1. The topological polar surface area (TPSA) is 98.5 Å². The summed E-state index contributed by atoms with van der Waals surface area (Å²) in [4.78, 5) is 32.6. The molecule has 2 aromatic heterocycles. The van der Waals surface area contributed by atoms with E-state index >= 15 is 0 Å². The average Bonchev–Trinajstić information content (AvgIpc) is 3.07. The van der Waals surface area contributed by atoms with Crippen molar-refractivity contribution in [1.82, 2.24) is 24.9 Å². The zero-order valence-electron chi connectivity index (χ0n) is 15.5. The third kappa shape index (κ3) is 4.00. The number of esters is 1. The second kappa shape index (κ2) is 7.80. The summed E-state index contributed by atoms with van der Waals surface area (Å²) in [5, 5.41) is 7.08. The van der Waals surface area contributed by atoms with Crippen molar-refractivity contribution in [1.29, 1.82) is 0 Å². The quantitative estimate of drug-likeness (QED) is 0.813. The Morgan fingerprint density at radius 1 is 1.31 bits per heavy atom. The lowest BCUT2D eigenvalue weighted by molar-refractivity contribution is -0.148. The first-order chi connectivity index (χ1) is 12.5. The Morgan fingerprint density at radius 3 is 2.85 bits per heavy atom. The van der Waals surface area contributed by atoms with Gasteiger partial charge in [-0.3, -0.25) is 9.59 Å². The fourth-order valence-corrected chi connectivity index (χ4v) is 3.53. The van der Waals surface area contributed by atoms with Gasteiger partial charge in [0.05, 0.1) is 6.42 Å². The lowest BCUT2D eigenvalue weighted by Gasteiger charge is -2.29. The van der Waals surface area contributed by atoms with Crippen LogP contribution in [0, 0.1) is 19.8 Å². The fraction of sp³-hybridized carbons (Fsp3) is 0.611. The van der Waals surface area contributed by atoms with Gasteiger partial charge in [-0.25, -0.2) is 9.50 Å². The molecule has 8 nitrogen and oxygen atoms in total. The molecule has 0 saturated heterocycles.